The van der Waals surface area contributed by atoms with Crippen molar-refractivity contribution in [3.63, 3.8) is 0 Å². The highest BCUT2D eigenvalue weighted by molar-refractivity contribution is 5.94. The number of hydrogen-bond acceptors (Lipinski definition) is 3. The molecule has 140 valence electrons. The van der Waals surface area contributed by atoms with Crippen LogP contribution < -0.4 is 11.1 Å². The highest BCUT2D eigenvalue weighted by Gasteiger charge is 2.29. The van der Waals surface area contributed by atoms with Gasteiger partial charge in [0.25, 0.3) is 5.91 Å². The number of nitrogens with one attached hydrogen (secondary N) is 1. The number of nitrogens with zero attached hydrogens (tertiary/aromatic N) is 1. The molecule has 4 rings (SSSR count). The zero-order valence-corrected chi connectivity index (χ0v) is 15.4. The van der Waals surface area contributed by atoms with Gasteiger partial charge in [-0.15, -0.1) is 0 Å². The molecule has 2 aliphatic rings. The van der Waals surface area contributed by atoms with Gasteiger partial charge in [0, 0.05) is 36.3 Å². The summed E-state index contributed by atoms with van der Waals surface area (Å²) in [4.78, 5) is 25.8. The summed E-state index contributed by atoms with van der Waals surface area (Å²) < 4.78 is 0. The molecule has 0 spiro atoms. The number of carbonyl (C=O) groups excluding carboxylic acids is 2. The highest BCUT2D eigenvalue weighted by atomic mass is 16.2. The molecule has 0 aliphatic heterocycles. The molecule has 5 nitrogen and oxygen atoms in total. The van der Waals surface area contributed by atoms with E-state index in [1.54, 1.807) is 12.1 Å². The van der Waals surface area contributed by atoms with Crippen molar-refractivity contribution in [1.82, 2.24) is 10.2 Å². The van der Waals surface area contributed by atoms with Crippen LogP contribution in [0.3, 0.4) is 0 Å². The molecule has 2 fully saturated rings. The van der Waals surface area contributed by atoms with Crippen molar-refractivity contribution in [3.8, 4) is 0 Å². The molecule has 2 amide bonds. The van der Waals surface area contributed by atoms with Crippen molar-refractivity contribution in [2.75, 3.05) is 0 Å². The average molecular weight is 363 g/mol. The van der Waals surface area contributed by atoms with Crippen LogP contribution in [0.25, 0.3) is 0 Å². The number of rotatable bonds is 8. The van der Waals surface area contributed by atoms with Crippen molar-refractivity contribution in [2.45, 2.75) is 50.9 Å². The molecule has 5 heteroatoms. The SMILES string of the molecule is NC(=O)c1ccc(CN(Cc2ccc(C(=O)NC3CC3)cc2)C2CC2)cc1. The van der Waals surface area contributed by atoms with E-state index >= 15 is 0 Å². The number of hydrogen-bond donors (Lipinski definition) is 2. The van der Waals surface area contributed by atoms with E-state index < -0.39 is 5.91 Å². The predicted octanol–water partition coefficient (Wildman–Crippen LogP) is 2.84. The summed E-state index contributed by atoms with van der Waals surface area (Å²) in [6.45, 7) is 1.69. The van der Waals surface area contributed by atoms with Crippen LogP contribution >= 0.6 is 0 Å². The molecule has 2 aliphatic carbocycles. The van der Waals surface area contributed by atoms with E-state index in [2.05, 4.69) is 10.2 Å². The molecule has 0 radical (unpaired) electrons. The van der Waals surface area contributed by atoms with Crippen LogP contribution in [0, 0.1) is 0 Å². The fraction of sp³-hybridized carbons (Fsp3) is 0.364. The van der Waals surface area contributed by atoms with Crippen LogP contribution in [0.2, 0.25) is 0 Å². The summed E-state index contributed by atoms with van der Waals surface area (Å²) in [6.07, 6.45) is 4.64. The van der Waals surface area contributed by atoms with Gasteiger partial charge in [-0.05, 0) is 61.1 Å². The van der Waals surface area contributed by atoms with Crippen molar-refractivity contribution in [2.24, 2.45) is 5.73 Å². The molecule has 0 heterocycles. The molecule has 0 unspecified atom stereocenters. The van der Waals surface area contributed by atoms with Crippen LogP contribution in [0.15, 0.2) is 48.5 Å². The summed E-state index contributed by atoms with van der Waals surface area (Å²) >= 11 is 0. The average Bonchev–Trinajstić information content (AvgIpc) is 3.56. The van der Waals surface area contributed by atoms with Gasteiger partial charge in [0.1, 0.15) is 0 Å². The minimum atomic E-state index is -0.397. The lowest BCUT2D eigenvalue weighted by atomic mass is 10.1. The van der Waals surface area contributed by atoms with E-state index in [-0.39, 0.29) is 5.91 Å². The Hall–Kier alpha value is -2.66. The maximum atomic E-state index is 12.1. The summed E-state index contributed by atoms with van der Waals surface area (Å²) in [7, 11) is 0. The van der Waals surface area contributed by atoms with Gasteiger partial charge in [-0.1, -0.05) is 24.3 Å². The number of benzene rings is 2. The first-order valence-corrected chi connectivity index (χ1v) is 9.61. The van der Waals surface area contributed by atoms with Crippen LogP contribution in [0.5, 0.6) is 0 Å². The van der Waals surface area contributed by atoms with Gasteiger partial charge in [-0.3, -0.25) is 14.5 Å². The summed E-state index contributed by atoms with van der Waals surface area (Å²) in [6, 6.07) is 16.4. The molecular weight excluding hydrogens is 338 g/mol. The van der Waals surface area contributed by atoms with Gasteiger partial charge in [0.15, 0.2) is 0 Å². The van der Waals surface area contributed by atoms with Gasteiger partial charge in [-0.2, -0.15) is 0 Å². The van der Waals surface area contributed by atoms with Gasteiger partial charge in [-0.25, -0.2) is 0 Å². The van der Waals surface area contributed by atoms with E-state index in [4.69, 9.17) is 5.73 Å². The van der Waals surface area contributed by atoms with Crippen molar-refractivity contribution in [3.05, 3.63) is 70.8 Å². The first-order chi connectivity index (χ1) is 13.1. The Morgan fingerprint density at radius 2 is 1.37 bits per heavy atom. The smallest absolute Gasteiger partial charge is 0.251 e. The van der Waals surface area contributed by atoms with E-state index in [0.717, 1.165) is 31.5 Å². The van der Waals surface area contributed by atoms with E-state index in [1.807, 2.05) is 36.4 Å². The van der Waals surface area contributed by atoms with E-state index in [0.29, 0.717) is 17.6 Å². The standard InChI is InChI=1S/C22H25N3O2/c23-21(26)17-5-1-15(2-6-17)13-25(20-11-12-20)14-16-3-7-18(8-4-16)22(27)24-19-9-10-19/h1-8,19-20H,9-14H2,(H2,23,26)(H,24,27). The summed E-state index contributed by atoms with van der Waals surface area (Å²) in [5, 5.41) is 3.02. The van der Waals surface area contributed by atoms with Crippen LogP contribution in [-0.2, 0) is 13.1 Å². The third-order valence-electron chi connectivity index (χ3n) is 5.20. The van der Waals surface area contributed by atoms with E-state index in [9.17, 15) is 9.59 Å². The molecule has 0 saturated heterocycles. The Bertz CT molecular complexity index is 822. The number of amides is 2. The summed E-state index contributed by atoms with van der Waals surface area (Å²) in [5.41, 5.74) is 8.96. The van der Waals surface area contributed by atoms with E-state index in [1.165, 1.54) is 24.0 Å². The second-order valence-corrected chi connectivity index (χ2v) is 7.64. The Labute approximate surface area is 159 Å². The summed E-state index contributed by atoms with van der Waals surface area (Å²) in [5.74, 6) is -0.371. The van der Waals surface area contributed by atoms with Crippen molar-refractivity contribution in [1.29, 1.82) is 0 Å². The Balaban J connectivity index is 1.39. The molecule has 3 N–H and O–H groups in total. The Morgan fingerprint density at radius 1 is 0.852 bits per heavy atom. The molecule has 0 aromatic heterocycles. The fourth-order valence-electron chi connectivity index (χ4n) is 3.26. The number of nitrogens with two attached hydrogens (primary N) is 1. The topological polar surface area (TPSA) is 75.4 Å². The first-order valence-electron chi connectivity index (χ1n) is 9.61. The second-order valence-electron chi connectivity index (χ2n) is 7.64. The normalized spacial score (nSPS) is 16.3. The van der Waals surface area contributed by atoms with Crippen molar-refractivity contribution < 1.29 is 9.59 Å². The lowest BCUT2D eigenvalue weighted by Gasteiger charge is -2.22. The van der Waals surface area contributed by atoms with Crippen LogP contribution in [0.1, 0.15) is 57.5 Å². The largest absolute Gasteiger partial charge is 0.366 e. The van der Waals surface area contributed by atoms with Gasteiger partial charge >= 0.3 is 0 Å². The fourth-order valence-corrected chi connectivity index (χ4v) is 3.26. The monoisotopic (exact) mass is 363 g/mol. The molecule has 27 heavy (non-hydrogen) atoms. The molecule has 0 atom stereocenters. The lowest BCUT2D eigenvalue weighted by Crippen LogP contribution is -2.26. The third kappa shape index (κ3) is 4.74. The quantitative estimate of drug-likeness (QED) is 0.757. The van der Waals surface area contributed by atoms with Gasteiger partial charge in [0.2, 0.25) is 5.91 Å². The number of carbonyl (C=O) groups is 2. The first kappa shape index (κ1) is 17.7. The highest BCUT2D eigenvalue weighted by Crippen LogP contribution is 2.30. The minimum Gasteiger partial charge on any atom is -0.366 e. The Morgan fingerprint density at radius 3 is 1.81 bits per heavy atom. The van der Waals surface area contributed by atoms with Gasteiger partial charge in [0.05, 0.1) is 0 Å². The number of primary amides is 1. The maximum Gasteiger partial charge on any atom is 0.251 e. The lowest BCUT2D eigenvalue weighted by molar-refractivity contribution is 0.0949. The molecule has 0 bridgehead atoms. The van der Waals surface area contributed by atoms with Gasteiger partial charge < -0.3 is 11.1 Å². The van der Waals surface area contributed by atoms with Crippen LogP contribution in [-0.4, -0.2) is 28.8 Å². The zero-order valence-electron chi connectivity index (χ0n) is 15.4. The van der Waals surface area contributed by atoms with Crippen molar-refractivity contribution >= 4 is 11.8 Å². The minimum absolute atomic E-state index is 0.0256. The third-order valence-corrected chi connectivity index (χ3v) is 5.20. The predicted molar refractivity (Wildman–Crippen MR) is 104 cm³/mol. The maximum absolute atomic E-state index is 12.1. The molecule has 2 aromatic carbocycles. The molecule has 2 saturated carbocycles. The second kappa shape index (κ2) is 7.53. The molecular formula is C22H25N3O2. The molecule has 2 aromatic rings. The van der Waals surface area contributed by atoms with Crippen LogP contribution in [0.4, 0.5) is 0 Å². The Kier molecular flexibility index (Phi) is 4.94. The zero-order chi connectivity index (χ0) is 18.8.